The quantitative estimate of drug-likeness (QED) is 0.447. The Bertz CT molecular complexity index is 664. The topological polar surface area (TPSA) is 52.6 Å². The first-order valence-corrected chi connectivity index (χ1v) is 7.55. The molecule has 0 radical (unpaired) electrons. The monoisotopic (exact) mass is 312 g/mol. The molecule has 2 rings (SSSR count). The third-order valence-electron chi connectivity index (χ3n) is 3.56. The summed E-state index contributed by atoms with van der Waals surface area (Å²) in [7, 11) is 1.57. The highest BCUT2D eigenvalue weighted by Gasteiger charge is 2.30. The van der Waals surface area contributed by atoms with Gasteiger partial charge < -0.3 is 9.47 Å². The number of esters is 1. The van der Waals surface area contributed by atoms with Crippen molar-refractivity contribution in [3.8, 4) is 5.75 Å². The summed E-state index contributed by atoms with van der Waals surface area (Å²) in [5, 5.41) is 0. The van der Waals surface area contributed by atoms with Crippen molar-refractivity contribution < 1.29 is 19.1 Å². The lowest BCUT2D eigenvalue weighted by molar-refractivity contribution is -0.146. The maximum Gasteiger partial charge on any atom is 0.317 e. The number of methoxy groups -OCH3 is 1. The molecule has 0 aliphatic heterocycles. The van der Waals surface area contributed by atoms with Crippen molar-refractivity contribution >= 4 is 11.8 Å². The summed E-state index contributed by atoms with van der Waals surface area (Å²) in [6, 6.07) is 16.2. The van der Waals surface area contributed by atoms with Crippen LogP contribution in [0.1, 0.15) is 22.8 Å². The van der Waals surface area contributed by atoms with Crippen molar-refractivity contribution in [1.82, 2.24) is 0 Å². The fourth-order valence-corrected chi connectivity index (χ4v) is 2.42. The predicted octanol–water partition coefficient (Wildman–Crippen LogP) is 3.30. The van der Waals surface area contributed by atoms with Crippen LogP contribution in [0.5, 0.6) is 5.75 Å². The van der Waals surface area contributed by atoms with Crippen molar-refractivity contribution in [1.29, 1.82) is 0 Å². The van der Waals surface area contributed by atoms with E-state index in [1.165, 1.54) is 0 Å². The molecule has 0 spiro atoms. The van der Waals surface area contributed by atoms with Crippen LogP contribution in [0.2, 0.25) is 0 Å². The van der Waals surface area contributed by atoms with E-state index in [1.807, 2.05) is 30.3 Å². The van der Waals surface area contributed by atoms with E-state index >= 15 is 0 Å². The molecule has 1 atom stereocenters. The van der Waals surface area contributed by atoms with Crippen molar-refractivity contribution in [2.45, 2.75) is 13.3 Å². The van der Waals surface area contributed by atoms with Crippen LogP contribution < -0.4 is 4.74 Å². The Morgan fingerprint density at radius 1 is 1.00 bits per heavy atom. The zero-order chi connectivity index (χ0) is 16.7. The van der Waals surface area contributed by atoms with Crippen LogP contribution >= 0.6 is 0 Å². The van der Waals surface area contributed by atoms with E-state index in [0.29, 0.717) is 11.3 Å². The molecule has 120 valence electrons. The van der Waals surface area contributed by atoms with Crippen molar-refractivity contribution in [2.24, 2.45) is 5.92 Å². The van der Waals surface area contributed by atoms with Gasteiger partial charge in [-0.25, -0.2) is 0 Å². The number of ether oxygens (including phenoxy) is 2. The highest BCUT2D eigenvalue weighted by molar-refractivity contribution is 6.08. The average Bonchev–Trinajstić information content (AvgIpc) is 2.60. The standard InChI is InChI=1S/C19H20O4/c1-3-23-19(21)16(18(20)14-9-5-4-6-10-14)13-15-11-7-8-12-17(15)22-2/h4-12,16H,3,13H2,1-2H3. The van der Waals surface area contributed by atoms with Crippen LogP contribution in [0.3, 0.4) is 0 Å². The van der Waals surface area contributed by atoms with E-state index in [9.17, 15) is 9.59 Å². The molecule has 0 N–H and O–H groups in total. The third kappa shape index (κ3) is 4.19. The summed E-state index contributed by atoms with van der Waals surface area (Å²) in [5.74, 6) is -0.974. The first kappa shape index (κ1) is 16.7. The summed E-state index contributed by atoms with van der Waals surface area (Å²) >= 11 is 0. The molecule has 0 heterocycles. The molecule has 4 nitrogen and oxygen atoms in total. The molecule has 2 aromatic rings. The van der Waals surface area contributed by atoms with Gasteiger partial charge in [0.1, 0.15) is 11.7 Å². The summed E-state index contributed by atoms with van der Waals surface area (Å²) in [5.41, 5.74) is 1.30. The maximum atomic E-state index is 12.7. The summed E-state index contributed by atoms with van der Waals surface area (Å²) in [6.07, 6.45) is 0.247. The second-order valence-corrected chi connectivity index (χ2v) is 5.05. The normalized spacial score (nSPS) is 11.6. The SMILES string of the molecule is CCOC(=O)C(Cc1ccccc1OC)C(=O)c1ccccc1. The van der Waals surface area contributed by atoms with Gasteiger partial charge in [0.2, 0.25) is 0 Å². The summed E-state index contributed by atoms with van der Waals surface area (Å²) in [6.45, 7) is 1.97. The Morgan fingerprint density at radius 2 is 1.65 bits per heavy atom. The van der Waals surface area contributed by atoms with E-state index in [0.717, 1.165) is 5.56 Å². The second-order valence-electron chi connectivity index (χ2n) is 5.05. The van der Waals surface area contributed by atoms with Gasteiger partial charge in [-0.3, -0.25) is 9.59 Å². The van der Waals surface area contributed by atoms with Crippen molar-refractivity contribution in [2.75, 3.05) is 13.7 Å². The maximum absolute atomic E-state index is 12.7. The Kier molecular flexibility index (Phi) is 5.92. The minimum Gasteiger partial charge on any atom is -0.496 e. The fraction of sp³-hybridized carbons (Fsp3) is 0.263. The Hall–Kier alpha value is -2.62. The van der Waals surface area contributed by atoms with Crippen LogP contribution in [0.4, 0.5) is 0 Å². The van der Waals surface area contributed by atoms with Gasteiger partial charge >= 0.3 is 5.97 Å². The van der Waals surface area contributed by atoms with Gasteiger partial charge in [0.05, 0.1) is 13.7 Å². The predicted molar refractivity (Wildman–Crippen MR) is 87.6 cm³/mol. The number of Topliss-reactive ketones (excluding diaryl/α,β-unsaturated/α-hetero) is 1. The molecule has 0 saturated heterocycles. The Morgan fingerprint density at radius 3 is 2.30 bits per heavy atom. The highest BCUT2D eigenvalue weighted by atomic mass is 16.5. The zero-order valence-electron chi connectivity index (χ0n) is 13.3. The summed E-state index contributed by atoms with van der Waals surface area (Å²) < 4.78 is 10.4. The van der Waals surface area contributed by atoms with Gasteiger partial charge in [-0.05, 0) is 25.0 Å². The van der Waals surface area contributed by atoms with Crippen molar-refractivity contribution in [3.05, 3.63) is 65.7 Å². The van der Waals surface area contributed by atoms with Gasteiger partial charge in [-0.1, -0.05) is 48.5 Å². The van der Waals surface area contributed by atoms with E-state index in [2.05, 4.69) is 0 Å². The van der Waals surface area contributed by atoms with Crippen LogP contribution in [0.25, 0.3) is 0 Å². The number of hydrogen-bond donors (Lipinski definition) is 0. The minimum absolute atomic E-state index is 0.239. The van der Waals surface area contributed by atoms with Gasteiger partial charge in [0, 0.05) is 5.56 Å². The summed E-state index contributed by atoms with van der Waals surface area (Å²) in [4.78, 5) is 25.0. The van der Waals surface area contributed by atoms with Crippen LogP contribution in [-0.4, -0.2) is 25.5 Å². The molecule has 0 amide bonds. The van der Waals surface area contributed by atoms with Gasteiger partial charge in [0.25, 0.3) is 0 Å². The molecule has 0 bridgehead atoms. The Labute approximate surface area is 136 Å². The van der Waals surface area contributed by atoms with E-state index in [-0.39, 0.29) is 18.8 Å². The third-order valence-corrected chi connectivity index (χ3v) is 3.56. The second kappa shape index (κ2) is 8.13. The molecule has 0 aliphatic carbocycles. The molecule has 23 heavy (non-hydrogen) atoms. The molecular formula is C19H20O4. The molecule has 4 heteroatoms. The number of rotatable bonds is 7. The van der Waals surface area contributed by atoms with Crippen molar-refractivity contribution in [3.63, 3.8) is 0 Å². The average molecular weight is 312 g/mol. The molecule has 2 aromatic carbocycles. The number of carbonyl (C=O) groups excluding carboxylic acids is 2. The minimum atomic E-state index is -0.881. The number of benzene rings is 2. The fourth-order valence-electron chi connectivity index (χ4n) is 2.42. The molecular weight excluding hydrogens is 292 g/mol. The largest absolute Gasteiger partial charge is 0.496 e. The number of para-hydroxylation sites is 1. The first-order valence-electron chi connectivity index (χ1n) is 7.55. The molecule has 0 saturated carbocycles. The van der Waals surface area contributed by atoms with E-state index in [1.54, 1.807) is 38.3 Å². The smallest absolute Gasteiger partial charge is 0.317 e. The van der Waals surface area contributed by atoms with Crippen LogP contribution in [0, 0.1) is 5.92 Å². The lowest BCUT2D eigenvalue weighted by Gasteiger charge is -2.16. The van der Waals surface area contributed by atoms with Gasteiger partial charge in [-0.2, -0.15) is 0 Å². The van der Waals surface area contributed by atoms with Gasteiger partial charge in [-0.15, -0.1) is 0 Å². The molecule has 1 unspecified atom stereocenters. The lowest BCUT2D eigenvalue weighted by Crippen LogP contribution is -2.28. The number of ketones is 1. The van der Waals surface area contributed by atoms with E-state index < -0.39 is 11.9 Å². The van der Waals surface area contributed by atoms with Gasteiger partial charge in [0.15, 0.2) is 5.78 Å². The molecule has 0 aromatic heterocycles. The number of hydrogen-bond acceptors (Lipinski definition) is 4. The van der Waals surface area contributed by atoms with Crippen LogP contribution in [-0.2, 0) is 16.0 Å². The lowest BCUT2D eigenvalue weighted by atomic mass is 9.91. The molecule has 0 fully saturated rings. The van der Waals surface area contributed by atoms with Crippen LogP contribution in [0.15, 0.2) is 54.6 Å². The Balaban J connectivity index is 2.31. The zero-order valence-corrected chi connectivity index (χ0v) is 13.3. The van der Waals surface area contributed by atoms with E-state index in [4.69, 9.17) is 9.47 Å². The first-order chi connectivity index (χ1) is 11.2. The molecule has 0 aliphatic rings. The highest BCUT2D eigenvalue weighted by Crippen LogP contribution is 2.23. The number of carbonyl (C=O) groups is 2.